The van der Waals surface area contributed by atoms with Gasteiger partial charge >= 0.3 is 0 Å². The summed E-state index contributed by atoms with van der Waals surface area (Å²) in [6.07, 6.45) is 0. The fraction of sp³-hybridized carbons (Fsp3) is 0.154. The second-order valence-electron chi connectivity index (χ2n) is 4.08. The zero-order chi connectivity index (χ0) is 13.4. The molecule has 0 spiro atoms. The molecule has 2 aromatic heterocycles. The van der Waals surface area contributed by atoms with Crippen molar-refractivity contribution in [2.75, 3.05) is 12.8 Å². The Bertz CT molecular complexity index is 753. The SMILES string of the molecule is COc1c(-c2nnc(N)nc2C)ccc2sccc12. The van der Waals surface area contributed by atoms with Crippen molar-refractivity contribution < 1.29 is 4.74 Å². The van der Waals surface area contributed by atoms with Crippen molar-refractivity contribution in [3.05, 3.63) is 29.3 Å². The van der Waals surface area contributed by atoms with Gasteiger partial charge in [-0.15, -0.1) is 21.5 Å². The number of methoxy groups -OCH3 is 1. The van der Waals surface area contributed by atoms with E-state index in [-0.39, 0.29) is 5.95 Å². The Morgan fingerprint density at radius 3 is 2.79 bits per heavy atom. The largest absolute Gasteiger partial charge is 0.495 e. The first kappa shape index (κ1) is 11.9. The first-order valence-corrected chi connectivity index (χ1v) is 6.60. The van der Waals surface area contributed by atoms with Crippen LogP contribution < -0.4 is 10.5 Å². The number of rotatable bonds is 2. The lowest BCUT2D eigenvalue weighted by Crippen LogP contribution is -2.02. The minimum absolute atomic E-state index is 0.178. The van der Waals surface area contributed by atoms with Gasteiger partial charge in [-0.3, -0.25) is 0 Å². The van der Waals surface area contributed by atoms with Gasteiger partial charge in [0.25, 0.3) is 0 Å². The lowest BCUT2D eigenvalue weighted by Gasteiger charge is -2.10. The maximum atomic E-state index is 5.54. The highest BCUT2D eigenvalue weighted by molar-refractivity contribution is 7.17. The fourth-order valence-electron chi connectivity index (χ4n) is 2.09. The molecular formula is C13H12N4OS. The molecule has 2 N–H and O–H groups in total. The van der Waals surface area contributed by atoms with Crippen LogP contribution in [0.15, 0.2) is 23.6 Å². The molecule has 19 heavy (non-hydrogen) atoms. The van der Waals surface area contributed by atoms with Gasteiger partial charge in [0, 0.05) is 15.6 Å². The Morgan fingerprint density at radius 1 is 1.21 bits per heavy atom. The second kappa shape index (κ2) is 4.47. The molecule has 0 bridgehead atoms. The number of anilines is 1. The molecule has 0 amide bonds. The summed E-state index contributed by atoms with van der Waals surface area (Å²) < 4.78 is 6.71. The Labute approximate surface area is 114 Å². The molecule has 0 aliphatic heterocycles. The minimum atomic E-state index is 0.178. The minimum Gasteiger partial charge on any atom is -0.495 e. The predicted molar refractivity (Wildman–Crippen MR) is 76.3 cm³/mol. The van der Waals surface area contributed by atoms with Gasteiger partial charge in [0.2, 0.25) is 5.95 Å². The van der Waals surface area contributed by atoms with Gasteiger partial charge in [-0.1, -0.05) is 0 Å². The highest BCUT2D eigenvalue weighted by Crippen LogP contribution is 2.38. The zero-order valence-corrected chi connectivity index (χ0v) is 11.4. The van der Waals surface area contributed by atoms with Gasteiger partial charge in [0.05, 0.1) is 12.8 Å². The Kier molecular flexibility index (Phi) is 2.79. The fourth-order valence-corrected chi connectivity index (χ4v) is 2.88. The molecule has 0 unspecified atom stereocenters. The quantitative estimate of drug-likeness (QED) is 0.776. The molecule has 5 nitrogen and oxygen atoms in total. The molecule has 0 saturated heterocycles. The summed E-state index contributed by atoms with van der Waals surface area (Å²) >= 11 is 1.68. The molecular weight excluding hydrogens is 260 g/mol. The molecule has 0 radical (unpaired) electrons. The van der Waals surface area contributed by atoms with Crippen LogP contribution in [0, 0.1) is 6.92 Å². The Balaban J connectivity index is 2.29. The molecule has 0 aliphatic carbocycles. The first-order valence-electron chi connectivity index (χ1n) is 5.72. The van der Waals surface area contributed by atoms with Gasteiger partial charge in [0.15, 0.2) is 0 Å². The summed E-state index contributed by atoms with van der Waals surface area (Å²) in [7, 11) is 1.66. The molecule has 1 aromatic carbocycles. The Hall–Kier alpha value is -2.21. The van der Waals surface area contributed by atoms with Crippen LogP contribution in [-0.2, 0) is 0 Å². The van der Waals surface area contributed by atoms with E-state index in [1.165, 1.54) is 4.70 Å². The van der Waals surface area contributed by atoms with E-state index in [4.69, 9.17) is 10.5 Å². The number of fused-ring (bicyclic) bond motifs is 1. The number of aryl methyl sites for hydroxylation is 1. The second-order valence-corrected chi connectivity index (χ2v) is 5.03. The van der Waals surface area contributed by atoms with Gasteiger partial charge in [-0.25, -0.2) is 4.98 Å². The molecule has 3 rings (SSSR count). The van der Waals surface area contributed by atoms with Crippen LogP contribution in [0.1, 0.15) is 5.69 Å². The summed E-state index contributed by atoms with van der Waals surface area (Å²) in [5.41, 5.74) is 7.85. The van der Waals surface area contributed by atoms with Crippen LogP contribution in [0.3, 0.4) is 0 Å². The number of nitrogens with two attached hydrogens (primary N) is 1. The number of hydrogen-bond acceptors (Lipinski definition) is 6. The predicted octanol–water partition coefficient (Wildman–Crippen LogP) is 2.65. The molecule has 0 saturated carbocycles. The maximum absolute atomic E-state index is 5.54. The van der Waals surface area contributed by atoms with Crippen molar-refractivity contribution in [3.8, 4) is 17.0 Å². The van der Waals surface area contributed by atoms with Crippen LogP contribution in [0.25, 0.3) is 21.3 Å². The van der Waals surface area contributed by atoms with E-state index in [1.54, 1.807) is 18.4 Å². The number of aromatic nitrogens is 3. The first-order chi connectivity index (χ1) is 9.20. The number of thiophene rings is 1. The third kappa shape index (κ3) is 1.90. The number of nitrogen functional groups attached to an aromatic ring is 1. The molecule has 96 valence electrons. The molecule has 0 fully saturated rings. The van der Waals surface area contributed by atoms with E-state index in [0.717, 1.165) is 22.4 Å². The Morgan fingerprint density at radius 2 is 2.05 bits per heavy atom. The van der Waals surface area contributed by atoms with Crippen LogP contribution in [0.4, 0.5) is 5.95 Å². The van der Waals surface area contributed by atoms with Crippen LogP contribution in [0.2, 0.25) is 0 Å². The van der Waals surface area contributed by atoms with Gasteiger partial charge in [-0.2, -0.15) is 0 Å². The van der Waals surface area contributed by atoms with Crippen molar-refractivity contribution in [3.63, 3.8) is 0 Å². The molecule has 2 heterocycles. The van der Waals surface area contributed by atoms with Crippen molar-refractivity contribution >= 4 is 27.4 Å². The van der Waals surface area contributed by atoms with E-state index in [0.29, 0.717) is 5.69 Å². The third-order valence-corrected chi connectivity index (χ3v) is 3.80. The smallest absolute Gasteiger partial charge is 0.240 e. The van der Waals surface area contributed by atoms with Crippen molar-refractivity contribution in [2.24, 2.45) is 0 Å². The number of benzene rings is 1. The van der Waals surface area contributed by atoms with Crippen molar-refractivity contribution in [1.82, 2.24) is 15.2 Å². The lowest BCUT2D eigenvalue weighted by molar-refractivity contribution is 0.421. The van der Waals surface area contributed by atoms with Crippen LogP contribution >= 0.6 is 11.3 Å². The third-order valence-electron chi connectivity index (χ3n) is 2.92. The summed E-state index contributed by atoms with van der Waals surface area (Å²) in [6, 6.07) is 6.07. The highest BCUT2D eigenvalue weighted by Gasteiger charge is 2.15. The maximum Gasteiger partial charge on any atom is 0.240 e. The van der Waals surface area contributed by atoms with Gasteiger partial charge in [-0.05, 0) is 30.5 Å². The molecule has 6 heteroatoms. The van der Waals surface area contributed by atoms with Crippen molar-refractivity contribution in [1.29, 1.82) is 0 Å². The monoisotopic (exact) mass is 272 g/mol. The van der Waals surface area contributed by atoms with Crippen LogP contribution in [0.5, 0.6) is 5.75 Å². The average Bonchev–Trinajstić information content (AvgIpc) is 2.86. The normalized spacial score (nSPS) is 10.8. The summed E-state index contributed by atoms with van der Waals surface area (Å²) in [6.45, 7) is 1.86. The molecule has 0 atom stereocenters. The molecule has 3 aromatic rings. The standard InChI is InChI=1S/C13H12N4OS/c1-7-11(16-17-13(14)15-7)9-3-4-10-8(5-6-19-10)12(9)18-2/h3-6H,1-2H3,(H2,14,15,17). The van der Waals surface area contributed by atoms with E-state index >= 15 is 0 Å². The van der Waals surface area contributed by atoms with E-state index in [2.05, 4.69) is 21.2 Å². The topological polar surface area (TPSA) is 73.9 Å². The average molecular weight is 272 g/mol. The number of ether oxygens (including phenoxy) is 1. The highest BCUT2D eigenvalue weighted by atomic mass is 32.1. The van der Waals surface area contributed by atoms with E-state index in [1.807, 2.05) is 24.4 Å². The van der Waals surface area contributed by atoms with E-state index < -0.39 is 0 Å². The summed E-state index contributed by atoms with van der Waals surface area (Å²) in [4.78, 5) is 4.14. The zero-order valence-electron chi connectivity index (χ0n) is 10.5. The summed E-state index contributed by atoms with van der Waals surface area (Å²) in [5.74, 6) is 0.972. The number of nitrogens with zero attached hydrogens (tertiary/aromatic N) is 3. The van der Waals surface area contributed by atoms with Crippen molar-refractivity contribution in [2.45, 2.75) is 6.92 Å². The van der Waals surface area contributed by atoms with Gasteiger partial charge in [0.1, 0.15) is 11.4 Å². The van der Waals surface area contributed by atoms with Gasteiger partial charge < -0.3 is 10.5 Å². The van der Waals surface area contributed by atoms with Crippen LogP contribution in [-0.4, -0.2) is 22.3 Å². The summed E-state index contributed by atoms with van der Waals surface area (Å²) in [5, 5.41) is 11.1. The van der Waals surface area contributed by atoms with E-state index in [9.17, 15) is 0 Å². The number of hydrogen-bond donors (Lipinski definition) is 1. The molecule has 0 aliphatic rings. The lowest BCUT2D eigenvalue weighted by atomic mass is 10.1.